The molecule has 4 heteroatoms. The van der Waals surface area contributed by atoms with Gasteiger partial charge >= 0.3 is 0 Å². The Morgan fingerprint density at radius 3 is 2.33 bits per heavy atom. The summed E-state index contributed by atoms with van der Waals surface area (Å²) in [7, 11) is 0. The van der Waals surface area contributed by atoms with Gasteiger partial charge < -0.3 is 10.6 Å². The number of thiocarbonyl (C=S) groups is 1. The van der Waals surface area contributed by atoms with Crippen molar-refractivity contribution in [3.8, 4) is 0 Å². The molecule has 0 radical (unpaired) electrons. The number of anilines is 2. The van der Waals surface area contributed by atoms with Crippen molar-refractivity contribution >= 4 is 28.7 Å². The molecule has 0 saturated heterocycles. The fraction of sp³-hybridized carbons (Fsp3) is 0.235. The van der Waals surface area contributed by atoms with Crippen molar-refractivity contribution in [1.29, 1.82) is 0 Å². The van der Waals surface area contributed by atoms with Gasteiger partial charge in [0.2, 0.25) is 0 Å². The summed E-state index contributed by atoms with van der Waals surface area (Å²) >= 11 is 5.26. The van der Waals surface area contributed by atoms with E-state index in [1.807, 2.05) is 12.1 Å². The van der Waals surface area contributed by atoms with E-state index in [1.54, 1.807) is 19.1 Å². The van der Waals surface area contributed by atoms with Crippen LogP contribution in [0.2, 0.25) is 0 Å². The van der Waals surface area contributed by atoms with Crippen molar-refractivity contribution in [2.45, 2.75) is 26.7 Å². The minimum Gasteiger partial charge on any atom is -0.332 e. The predicted molar refractivity (Wildman–Crippen MR) is 91.5 cm³/mol. The van der Waals surface area contributed by atoms with Crippen molar-refractivity contribution in [2.24, 2.45) is 0 Å². The molecular weight excluding hydrogens is 283 g/mol. The summed E-state index contributed by atoms with van der Waals surface area (Å²) < 4.78 is 13.5. The number of benzene rings is 2. The number of nitrogens with one attached hydrogen (secondary N) is 2. The van der Waals surface area contributed by atoms with Crippen LogP contribution in [0, 0.1) is 12.7 Å². The summed E-state index contributed by atoms with van der Waals surface area (Å²) in [6.45, 7) is 6.03. The van der Waals surface area contributed by atoms with Gasteiger partial charge in [-0.2, -0.15) is 0 Å². The lowest BCUT2D eigenvalue weighted by molar-refractivity contribution is 0.619. The summed E-state index contributed by atoms with van der Waals surface area (Å²) in [4.78, 5) is 0. The minimum absolute atomic E-state index is 0.246. The first kappa shape index (κ1) is 15.4. The predicted octanol–water partition coefficient (Wildman–Crippen LogP) is 5.07. The van der Waals surface area contributed by atoms with E-state index in [0.717, 1.165) is 5.69 Å². The normalized spacial score (nSPS) is 10.5. The summed E-state index contributed by atoms with van der Waals surface area (Å²) in [5, 5.41) is 6.56. The highest BCUT2D eigenvalue weighted by atomic mass is 32.1. The Morgan fingerprint density at radius 1 is 1.05 bits per heavy atom. The third-order valence-corrected chi connectivity index (χ3v) is 3.56. The molecule has 0 bridgehead atoms. The zero-order valence-corrected chi connectivity index (χ0v) is 13.2. The molecule has 0 aliphatic rings. The third-order valence-electron chi connectivity index (χ3n) is 3.35. The molecule has 21 heavy (non-hydrogen) atoms. The SMILES string of the molecule is Cc1c(F)cccc1NC(=S)Nc1ccc(C(C)C)cc1. The molecule has 2 aromatic rings. The topological polar surface area (TPSA) is 24.1 Å². The van der Waals surface area contributed by atoms with Crippen LogP contribution >= 0.6 is 12.2 Å². The lowest BCUT2D eigenvalue weighted by Gasteiger charge is -2.13. The Bertz CT molecular complexity index is 636. The fourth-order valence-corrected chi connectivity index (χ4v) is 2.21. The minimum atomic E-state index is -0.246. The van der Waals surface area contributed by atoms with Crippen LogP contribution in [0.4, 0.5) is 15.8 Å². The largest absolute Gasteiger partial charge is 0.332 e. The smallest absolute Gasteiger partial charge is 0.175 e. The monoisotopic (exact) mass is 302 g/mol. The van der Waals surface area contributed by atoms with Gasteiger partial charge in [0.25, 0.3) is 0 Å². The fourth-order valence-electron chi connectivity index (χ4n) is 1.98. The van der Waals surface area contributed by atoms with Gasteiger partial charge in [-0.3, -0.25) is 0 Å². The average molecular weight is 302 g/mol. The molecule has 2 nitrogen and oxygen atoms in total. The Morgan fingerprint density at radius 2 is 1.71 bits per heavy atom. The van der Waals surface area contributed by atoms with Gasteiger partial charge in [0.15, 0.2) is 5.11 Å². The van der Waals surface area contributed by atoms with E-state index < -0.39 is 0 Å². The maximum absolute atomic E-state index is 13.5. The lowest BCUT2D eigenvalue weighted by Crippen LogP contribution is -2.19. The summed E-state index contributed by atoms with van der Waals surface area (Å²) in [5.74, 6) is 0.253. The molecule has 0 fully saturated rings. The standard InChI is InChI=1S/C17H19FN2S/c1-11(2)13-7-9-14(10-8-13)19-17(21)20-16-6-4-5-15(18)12(16)3/h4-11H,1-3H3,(H2,19,20,21). The van der Waals surface area contributed by atoms with Crippen LogP contribution in [0.5, 0.6) is 0 Å². The third kappa shape index (κ3) is 4.02. The maximum atomic E-state index is 13.5. The molecule has 2 aromatic carbocycles. The van der Waals surface area contributed by atoms with Crippen molar-refractivity contribution in [2.75, 3.05) is 10.6 Å². The van der Waals surface area contributed by atoms with Gasteiger partial charge in [0.1, 0.15) is 5.82 Å². The maximum Gasteiger partial charge on any atom is 0.175 e. The molecule has 0 aromatic heterocycles. The molecule has 2 N–H and O–H groups in total. The van der Waals surface area contributed by atoms with Gasteiger partial charge in [-0.05, 0) is 54.9 Å². The van der Waals surface area contributed by atoms with E-state index in [2.05, 4.69) is 36.6 Å². The van der Waals surface area contributed by atoms with E-state index >= 15 is 0 Å². The average Bonchev–Trinajstić information content (AvgIpc) is 2.44. The van der Waals surface area contributed by atoms with Crippen molar-refractivity contribution in [1.82, 2.24) is 0 Å². The molecule has 0 atom stereocenters. The van der Waals surface area contributed by atoms with Crippen LogP contribution in [0.25, 0.3) is 0 Å². The van der Waals surface area contributed by atoms with Gasteiger partial charge in [-0.25, -0.2) is 4.39 Å². The van der Waals surface area contributed by atoms with Gasteiger partial charge in [0.05, 0.1) is 0 Å². The highest BCUT2D eigenvalue weighted by molar-refractivity contribution is 7.80. The first-order chi connectivity index (χ1) is 9.97. The molecular formula is C17H19FN2S. The van der Waals surface area contributed by atoms with Crippen LogP contribution in [0.15, 0.2) is 42.5 Å². The second-order valence-corrected chi connectivity index (χ2v) is 5.68. The Balaban J connectivity index is 2.03. The molecule has 0 spiro atoms. The van der Waals surface area contributed by atoms with Crippen molar-refractivity contribution in [3.63, 3.8) is 0 Å². The quantitative estimate of drug-likeness (QED) is 0.774. The number of halogens is 1. The zero-order chi connectivity index (χ0) is 15.4. The van der Waals surface area contributed by atoms with Crippen LogP contribution in [-0.2, 0) is 0 Å². The second-order valence-electron chi connectivity index (χ2n) is 5.27. The van der Waals surface area contributed by atoms with Gasteiger partial charge in [-0.15, -0.1) is 0 Å². The highest BCUT2D eigenvalue weighted by Gasteiger charge is 2.05. The highest BCUT2D eigenvalue weighted by Crippen LogP contribution is 2.19. The van der Waals surface area contributed by atoms with Crippen molar-refractivity contribution in [3.05, 3.63) is 59.4 Å². The first-order valence-electron chi connectivity index (χ1n) is 6.90. The van der Waals surface area contributed by atoms with Crippen molar-refractivity contribution < 1.29 is 4.39 Å². The van der Waals surface area contributed by atoms with Gasteiger partial charge in [0, 0.05) is 16.9 Å². The van der Waals surface area contributed by atoms with Gasteiger partial charge in [-0.1, -0.05) is 32.0 Å². The Labute approximate surface area is 130 Å². The van der Waals surface area contributed by atoms with E-state index in [1.165, 1.54) is 11.6 Å². The molecule has 110 valence electrons. The van der Waals surface area contributed by atoms with E-state index in [-0.39, 0.29) is 5.82 Å². The summed E-state index contributed by atoms with van der Waals surface area (Å²) in [5.41, 5.74) is 3.41. The van der Waals surface area contributed by atoms with E-state index in [4.69, 9.17) is 12.2 Å². The molecule has 0 aliphatic carbocycles. The van der Waals surface area contributed by atoms with Crippen LogP contribution in [0.1, 0.15) is 30.9 Å². The Kier molecular flexibility index (Phi) is 4.91. The molecule has 0 aliphatic heterocycles. The molecule has 0 saturated carbocycles. The zero-order valence-electron chi connectivity index (χ0n) is 12.4. The first-order valence-corrected chi connectivity index (χ1v) is 7.31. The Hall–Kier alpha value is -1.94. The second kappa shape index (κ2) is 6.68. The number of hydrogen-bond donors (Lipinski definition) is 2. The summed E-state index contributed by atoms with van der Waals surface area (Å²) in [6, 6.07) is 13.0. The summed E-state index contributed by atoms with van der Waals surface area (Å²) in [6.07, 6.45) is 0. The molecule has 2 rings (SSSR count). The van der Waals surface area contributed by atoms with Crippen LogP contribution in [-0.4, -0.2) is 5.11 Å². The van der Waals surface area contributed by atoms with Crippen LogP contribution in [0.3, 0.4) is 0 Å². The van der Waals surface area contributed by atoms with E-state index in [9.17, 15) is 4.39 Å². The van der Waals surface area contributed by atoms with Crippen LogP contribution < -0.4 is 10.6 Å². The number of rotatable bonds is 3. The lowest BCUT2D eigenvalue weighted by atomic mass is 10.0. The number of hydrogen-bond acceptors (Lipinski definition) is 1. The van der Waals surface area contributed by atoms with E-state index in [0.29, 0.717) is 22.3 Å². The molecule has 0 heterocycles. The molecule has 0 unspecified atom stereocenters. The molecule has 0 amide bonds.